The number of pyridine rings is 1. The Morgan fingerprint density at radius 3 is 2.79 bits per heavy atom. The van der Waals surface area contributed by atoms with E-state index in [4.69, 9.17) is 0 Å². The van der Waals surface area contributed by atoms with Crippen LogP contribution in [0.4, 0.5) is 5.69 Å². The maximum atomic E-state index is 12.4. The standard InChI is InChI=1S/C15H23N3O/c1-3-9-17-13-6-10-16-11-12(13)14(19)18-15(4-2)7-5-8-15/h6,10-11H,3-5,7-9H2,1-2H3,(H,16,17)(H,18,19). The summed E-state index contributed by atoms with van der Waals surface area (Å²) in [5, 5.41) is 6.48. The molecular formula is C15H23N3O. The Hall–Kier alpha value is -1.58. The van der Waals surface area contributed by atoms with Gasteiger partial charge in [0.2, 0.25) is 0 Å². The van der Waals surface area contributed by atoms with Crippen molar-refractivity contribution >= 4 is 11.6 Å². The van der Waals surface area contributed by atoms with Crippen LogP contribution in [-0.2, 0) is 0 Å². The van der Waals surface area contributed by atoms with Crippen LogP contribution in [-0.4, -0.2) is 23.0 Å². The van der Waals surface area contributed by atoms with Crippen molar-refractivity contribution < 1.29 is 4.79 Å². The first kappa shape index (κ1) is 13.8. The lowest BCUT2D eigenvalue weighted by Gasteiger charge is -2.42. The number of carbonyl (C=O) groups excluding carboxylic acids is 1. The van der Waals surface area contributed by atoms with Crippen LogP contribution in [0.1, 0.15) is 56.3 Å². The van der Waals surface area contributed by atoms with Gasteiger partial charge in [-0.15, -0.1) is 0 Å². The molecule has 1 aromatic rings. The lowest BCUT2D eigenvalue weighted by Crippen LogP contribution is -2.53. The highest BCUT2D eigenvalue weighted by atomic mass is 16.1. The quantitative estimate of drug-likeness (QED) is 0.827. The Balaban J connectivity index is 2.10. The highest BCUT2D eigenvalue weighted by molar-refractivity contribution is 5.99. The molecule has 1 aliphatic rings. The van der Waals surface area contributed by atoms with Gasteiger partial charge in [0.1, 0.15) is 0 Å². The van der Waals surface area contributed by atoms with Gasteiger partial charge in [0, 0.05) is 24.5 Å². The Morgan fingerprint density at radius 2 is 2.21 bits per heavy atom. The normalized spacial score (nSPS) is 16.5. The second-order valence-electron chi connectivity index (χ2n) is 5.29. The molecule has 0 aromatic carbocycles. The van der Waals surface area contributed by atoms with Gasteiger partial charge < -0.3 is 10.6 Å². The second-order valence-corrected chi connectivity index (χ2v) is 5.29. The van der Waals surface area contributed by atoms with E-state index < -0.39 is 0 Å². The minimum absolute atomic E-state index is 0.00625. The molecule has 1 heterocycles. The predicted molar refractivity (Wildman–Crippen MR) is 77.4 cm³/mol. The van der Waals surface area contributed by atoms with E-state index in [0.717, 1.165) is 37.9 Å². The van der Waals surface area contributed by atoms with Gasteiger partial charge in [-0.3, -0.25) is 9.78 Å². The van der Waals surface area contributed by atoms with Gasteiger partial charge in [0.05, 0.1) is 11.3 Å². The number of nitrogens with zero attached hydrogens (tertiary/aromatic N) is 1. The van der Waals surface area contributed by atoms with E-state index in [-0.39, 0.29) is 11.4 Å². The average molecular weight is 261 g/mol. The van der Waals surface area contributed by atoms with Gasteiger partial charge >= 0.3 is 0 Å². The van der Waals surface area contributed by atoms with Gasteiger partial charge in [-0.1, -0.05) is 13.8 Å². The molecule has 1 aromatic heterocycles. The fraction of sp³-hybridized carbons (Fsp3) is 0.600. The molecular weight excluding hydrogens is 238 g/mol. The number of amides is 1. The van der Waals surface area contributed by atoms with Gasteiger partial charge in [-0.25, -0.2) is 0 Å². The van der Waals surface area contributed by atoms with Crippen LogP contribution in [0.2, 0.25) is 0 Å². The number of nitrogens with one attached hydrogen (secondary N) is 2. The number of carbonyl (C=O) groups is 1. The predicted octanol–water partition coefficient (Wildman–Crippen LogP) is 2.97. The highest BCUT2D eigenvalue weighted by Gasteiger charge is 2.36. The van der Waals surface area contributed by atoms with Crippen molar-refractivity contribution in [3.63, 3.8) is 0 Å². The van der Waals surface area contributed by atoms with E-state index in [0.29, 0.717) is 5.56 Å². The lowest BCUT2D eigenvalue weighted by atomic mass is 9.74. The number of hydrogen-bond acceptors (Lipinski definition) is 3. The van der Waals surface area contributed by atoms with Crippen molar-refractivity contribution in [2.75, 3.05) is 11.9 Å². The molecule has 2 rings (SSSR count). The monoisotopic (exact) mass is 261 g/mol. The zero-order valence-corrected chi connectivity index (χ0v) is 11.8. The van der Waals surface area contributed by atoms with Crippen LogP contribution in [0.5, 0.6) is 0 Å². The van der Waals surface area contributed by atoms with Crippen LogP contribution in [0.3, 0.4) is 0 Å². The van der Waals surface area contributed by atoms with E-state index in [2.05, 4.69) is 29.5 Å². The van der Waals surface area contributed by atoms with Crippen LogP contribution < -0.4 is 10.6 Å². The summed E-state index contributed by atoms with van der Waals surface area (Å²) in [6, 6.07) is 1.87. The number of rotatable bonds is 6. The SMILES string of the molecule is CCCNc1ccncc1C(=O)NC1(CC)CCC1. The van der Waals surface area contributed by atoms with E-state index >= 15 is 0 Å². The topological polar surface area (TPSA) is 54.0 Å². The van der Waals surface area contributed by atoms with Crippen LogP contribution in [0, 0.1) is 0 Å². The van der Waals surface area contributed by atoms with E-state index in [1.54, 1.807) is 12.4 Å². The summed E-state index contributed by atoms with van der Waals surface area (Å²) < 4.78 is 0. The third-order valence-corrected chi connectivity index (χ3v) is 4.00. The molecule has 4 heteroatoms. The summed E-state index contributed by atoms with van der Waals surface area (Å²) in [4.78, 5) is 16.5. The Labute approximate surface area is 115 Å². The van der Waals surface area contributed by atoms with Crippen LogP contribution in [0.25, 0.3) is 0 Å². The lowest BCUT2D eigenvalue weighted by molar-refractivity contribution is 0.0821. The van der Waals surface area contributed by atoms with E-state index in [1.807, 2.05) is 6.07 Å². The maximum Gasteiger partial charge on any atom is 0.255 e. The van der Waals surface area contributed by atoms with E-state index in [1.165, 1.54) is 6.42 Å². The Morgan fingerprint density at radius 1 is 1.42 bits per heavy atom. The average Bonchev–Trinajstić information content (AvgIpc) is 2.40. The summed E-state index contributed by atoms with van der Waals surface area (Å²) in [5.74, 6) is -0.00625. The fourth-order valence-electron chi connectivity index (χ4n) is 2.47. The van der Waals surface area contributed by atoms with Gasteiger partial charge in [0.25, 0.3) is 5.91 Å². The maximum absolute atomic E-state index is 12.4. The van der Waals surface area contributed by atoms with Crippen LogP contribution in [0.15, 0.2) is 18.5 Å². The largest absolute Gasteiger partial charge is 0.384 e. The summed E-state index contributed by atoms with van der Waals surface area (Å²) in [5.41, 5.74) is 1.55. The molecule has 1 aliphatic carbocycles. The first-order chi connectivity index (χ1) is 9.21. The van der Waals surface area contributed by atoms with Crippen LogP contribution >= 0.6 is 0 Å². The molecule has 2 N–H and O–H groups in total. The zero-order valence-electron chi connectivity index (χ0n) is 11.8. The second kappa shape index (κ2) is 6.04. The van der Waals surface area contributed by atoms with Crippen molar-refractivity contribution in [2.45, 2.75) is 51.5 Å². The first-order valence-electron chi connectivity index (χ1n) is 7.21. The number of aromatic nitrogens is 1. The molecule has 0 bridgehead atoms. The van der Waals surface area contributed by atoms with Crippen molar-refractivity contribution in [2.24, 2.45) is 0 Å². The number of anilines is 1. The zero-order chi connectivity index (χ0) is 13.7. The highest BCUT2D eigenvalue weighted by Crippen LogP contribution is 2.35. The van der Waals surface area contributed by atoms with Gasteiger partial charge in [-0.05, 0) is 38.2 Å². The number of hydrogen-bond donors (Lipinski definition) is 2. The smallest absolute Gasteiger partial charge is 0.255 e. The molecule has 104 valence electrons. The van der Waals surface area contributed by atoms with Crippen molar-refractivity contribution in [3.05, 3.63) is 24.0 Å². The molecule has 0 unspecified atom stereocenters. The summed E-state index contributed by atoms with van der Waals surface area (Å²) in [6.45, 7) is 5.11. The molecule has 0 atom stereocenters. The summed E-state index contributed by atoms with van der Waals surface area (Å²) in [7, 11) is 0. The fourth-order valence-corrected chi connectivity index (χ4v) is 2.47. The Kier molecular flexibility index (Phi) is 4.40. The molecule has 1 amide bonds. The van der Waals surface area contributed by atoms with Crippen molar-refractivity contribution in [3.8, 4) is 0 Å². The molecule has 1 fully saturated rings. The Bertz CT molecular complexity index is 435. The molecule has 0 saturated heterocycles. The van der Waals surface area contributed by atoms with Crippen molar-refractivity contribution in [1.82, 2.24) is 10.3 Å². The third-order valence-electron chi connectivity index (χ3n) is 4.00. The molecule has 0 radical (unpaired) electrons. The molecule has 4 nitrogen and oxygen atoms in total. The minimum Gasteiger partial charge on any atom is -0.384 e. The first-order valence-corrected chi connectivity index (χ1v) is 7.21. The van der Waals surface area contributed by atoms with Gasteiger partial charge in [0.15, 0.2) is 0 Å². The summed E-state index contributed by atoms with van der Waals surface area (Å²) >= 11 is 0. The molecule has 0 aliphatic heterocycles. The van der Waals surface area contributed by atoms with E-state index in [9.17, 15) is 4.79 Å². The molecule has 0 spiro atoms. The van der Waals surface area contributed by atoms with Crippen molar-refractivity contribution in [1.29, 1.82) is 0 Å². The minimum atomic E-state index is -0.00625. The van der Waals surface area contributed by atoms with Gasteiger partial charge in [-0.2, -0.15) is 0 Å². The molecule has 1 saturated carbocycles. The molecule has 19 heavy (non-hydrogen) atoms. The third kappa shape index (κ3) is 3.06. The summed E-state index contributed by atoms with van der Waals surface area (Å²) in [6.07, 6.45) is 8.78.